The molecule has 1 N–H and O–H groups in total. The summed E-state index contributed by atoms with van der Waals surface area (Å²) in [5.41, 5.74) is 1.65. The van der Waals surface area contributed by atoms with E-state index in [0.29, 0.717) is 6.54 Å². The first-order valence-electron chi connectivity index (χ1n) is 9.19. The maximum absolute atomic E-state index is 12.9. The van der Waals surface area contributed by atoms with Crippen molar-refractivity contribution in [2.45, 2.75) is 71.5 Å². The van der Waals surface area contributed by atoms with Crippen molar-refractivity contribution in [3.8, 4) is 0 Å². The lowest BCUT2D eigenvalue weighted by Crippen LogP contribution is -2.51. The number of carbonyl (C=O) groups is 2. The minimum Gasteiger partial charge on any atom is -0.349 e. The highest BCUT2D eigenvalue weighted by atomic mass is 16.2. The number of rotatable bonds is 7. The molecular weight excluding hydrogens is 312 g/mol. The average molecular weight is 342 g/mol. The summed E-state index contributed by atoms with van der Waals surface area (Å²) in [6.45, 7) is 8.49. The maximum Gasteiger partial charge on any atom is 0.247 e. The van der Waals surface area contributed by atoms with Gasteiger partial charge in [-0.25, -0.2) is 0 Å². The van der Waals surface area contributed by atoms with Crippen LogP contribution in [0.25, 0.3) is 0 Å². The first-order valence-corrected chi connectivity index (χ1v) is 9.19. The fraction of sp³-hybridized carbons (Fsp3) is 0.524. The van der Waals surface area contributed by atoms with E-state index in [1.165, 1.54) is 0 Å². The number of amides is 2. The molecule has 0 aliphatic carbocycles. The van der Waals surface area contributed by atoms with Gasteiger partial charge in [-0.05, 0) is 44.7 Å². The topological polar surface area (TPSA) is 49.4 Å². The van der Waals surface area contributed by atoms with Gasteiger partial charge >= 0.3 is 0 Å². The molecule has 0 saturated heterocycles. The number of carbonyl (C=O) groups excluding carboxylic acids is 2. The molecule has 136 valence electrons. The van der Waals surface area contributed by atoms with Crippen LogP contribution in [-0.2, 0) is 16.1 Å². The number of hydrogen-bond acceptors (Lipinski definition) is 2. The molecule has 0 radical (unpaired) electrons. The number of hydrogen-bond donors (Lipinski definition) is 1. The van der Waals surface area contributed by atoms with E-state index < -0.39 is 6.04 Å². The van der Waals surface area contributed by atoms with Crippen LogP contribution in [0, 0.1) is 0 Å². The lowest BCUT2D eigenvalue weighted by atomic mass is 9.99. The molecule has 0 bridgehead atoms. The first kappa shape index (κ1) is 19.2. The second-order valence-electron chi connectivity index (χ2n) is 7.77. The van der Waals surface area contributed by atoms with E-state index in [1.807, 2.05) is 51.1 Å². The predicted molar refractivity (Wildman–Crippen MR) is 101 cm³/mol. The molecule has 2 rings (SSSR count). The Morgan fingerprint density at radius 3 is 2.44 bits per heavy atom. The van der Waals surface area contributed by atoms with E-state index in [1.54, 1.807) is 11.0 Å². The molecule has 25 heavy (non-hydrogen) atoms. The Bertz CT molecular complexity index is 629. The van der Waals surface area contributed by atoms with Crippen LogP contribution in [0.4, 0.5) is 0 Å². The van der Waals surface area contributed by atoms with Crippen LogP contribution in [0.3, 0.4) is 0 Å². The maximum atomic E-state index is 12.9. The van der Waals surface area contributed by atoms with E-state index in [-0.39, 0.29) is 17.4 Å². The Morgan fingerprint density at radius 2 is 1.84 bits per heavy atom. The molecular formula is C21H30N2O2. The molecule has 0 saturated carbocycles. The minimum absolute atomic E-state index is 0.0654. The fourth-order valence-corrected chi connectivity index (χ4v) is 3.13. The van der Waals surface area contributed by atoms with Gasteiger partial charge in [0.1, 0.15) is 6.04 Å². The van der Waals surface area contributed by atoms with Crippen molar-refractivity contribution in [3.63, 3.8) is 0 Å². The first-order chi connectivity index (χ1) is 11.8. The SMILES string of the molecule is CCCCCC1=CC(=O)N(Cc2ccccc2)C1C(=O)NC(C)(C)C. The molecule has 0 fully saturated rings. The molecule has 1 aromatic rings. The van der Waals surface area contributed by atoms with Crippen molar-refractivity contribution in [2.75, 3.05) is 0 Å². The van der Waals surface area contributed by atoms with Gasteiger partial charge in [-0.2, -0.15) is 0 Å². The lowest BCUT2D eigenvalue weighted by Gasteiger charge is -2.30. The zero-order valence-corrected chi connectivity index (χ0v) is 15.8. The highest BCUT2D eigenvalue weighted by Crippen LogP contribution is 2.27. The average Bonchev–Trinajstić information content (AvgIpc) is 2.83. The zero-order chi connectivity index (χ0) is 18.4. The number of unbranched alkanes of at least 4 members (excludes halogenated alkanes) is 2. The number of nitrogens with zero attached hydrogens (tertiary/aromatic N) is 1. The Morgan fingerprint density at radius 1 is 1.16 bits per heavy atom. The summed E-state index contributed by atoms with van der Waals surface area (Å²) in [4.78, 5) is 27.2. The summed E-state index contributed by atoms with van der Waals surface area (Å²) in [6, 6.07) is 9.34. The van der Waals surface area contributed by atoms with Crippen LogP contribution in [0.2, 0.25) is 0 Å². The molecule has 1 heterocycles. The van der Waals surface area contributed by atoms with Crippen LogP contribution in [-0.4, -0.2) is 28.3 Å². The smallest absolute Gasteiger partial charge is 0.247 e. The molecule has 2 amide bonds. The molecule has 0 spiro atoms. The van der Waals surface area contributed by atoms with Crippen molar-refractivity contribution in [2.24, 2.45) is 0 Å². The van der Waals surface area contributed by atoms with Gasteiger partial charge in [0.25, 0.3) is 0 Å². The number of benzene rings is 1. The zero-order valence-electron chi connectivity index (χ0n) is 15.8. The summed E-state index contributed by atoms with van der Waals surface area (Å²) < 4.78 is 0. The van der Waals surface area contributed by atoms with E-state index in [4.69, 9.17) is 0 Å². The van der Waals surface area contributed by atoms with Crippen molar-refractivity contribution < 1.29 is 9.59 Å². The summed E-state index contributed by atoms with van der Waals surface area (Å²) >= 11 is 0. The molecule has 1 unspecified atom stereocenters. The largest absolute Gasteiger partial charge is 0.349 e. The molecule has 1 atom stereocenters. The van der Waals surface area contributed by atoms with Crippen LogP contribution in [0.1, 0.15) is 58.9 Å². The molecule has 0 aromatic heterocycles. The van der Waals surface area contributed by atoms with Gasteiger partial charge in [-0.3, -0.25) is 9.59 Å². The highest BCUT2D eigenvalue weighted by Gasteiger charge is 2.38. The third kappa shape index (κ3) is 5.45. The van der Waals surface area contributed by atoms with Crippen LogP contribution in [0.15, 0.2) is 42.0 Å². The summed E-state index contributed by atoms with van der Waals surface area (Å²) in [5, 5.41) is 3.04. The predicted octanol–water partition coefficient (Wildman–Crippen LogP) is 3.82. The third-order valence-corrected chi connectivity index (χ3v) is 4.27. The van der Waals surface area contributed by atoms with Gasteiger partial charge in [0.2, 0.25) is 11.8 Å². The lowest BCUT2D eigenvalue weighted by molar-refractivity contribution is -0.135. The van der Waals surface area contributed by atoms with Gasteiger partial charge in [0, 0.05) is 18.2 Å². The fourth-order valence-electron chi connectivity index (χ4n) is 3.13. The summed E-state index contributed by atoms with van der Waals surface area (Å²) in [6.07, 6.45) is 5.71. The third-order valence-electron chi connectivity index (χ3n) is 4.27. The van der Waals surface area contributed by atoms with Gasteiger partial charge in [0.05, 0.1) is 0 Å². The highest BCUT2D eigenvalue weighted by molar-refractivity contribution is 6.00. The Balaban J connectivity index is 2.20. The van der Waals surface area contributed by atoms with Gasteiger partial charge in [0.15, 0.2) is 0 Å². The van der Waals surface area contributed by atoms with Crippen LogP contribution >= 0.6 is 0 Å². The molecule has 1 aliphatic heterocycles. The minimum atomic E-state index is -0.496. The molecule has 1 aromatic carbocycles. The second-order valence-corrected chi connectivity index (χ2v) is 7.77. The standard InChI is InChI=1S/C21H30N2O2/c1-5-6-8-13-17-14-18(24)23(15-16-11-9-7-10-12-16)19(17)20(25)22-21(2,3)4/h7,9-12,14,19H,5-6,8,13,15H2,1-4H3,(H,22,25). The molecule has 1 aliphatic rings. The quantitative estimate of drug-likeness (QED) is 0.766. The Hall–Kier alpha value is -2.10. The summed E-state index contributed by atoms with van der Waals surface area (Å²) in [7, 11) is 0. The normalized spacial score (nSPS) is 17.6. The van der Waals surface area contributed by atoms with E-state index in [2.05, 4.69) is 12.2 Å². The Kier molecular flexibility index (Phi) is 6.40. The van der Waals surface area contributed by atoms with Crippen LogP contribution < -0.4 is 5.32 Å². The van der Waals surface area contributed by atoms with Crippen molar-refractivity contribution in [3.05, 3.63) is 47.5 Å². The van der Waals surface area contributed by atoms with Crippen molar-refractivity contribution >= 4 is 11.8 Å². The van der Waals surface area contributed by atoms with E-state index >= 15 is 0 Å². The van der Waals surface area contributed by atoms with Gasteiger partial charge in [-0.15, -0.1) is 0 Å². The van der Waals surface area contributed by atoms with Gasteiger partial charge in [-0.1, -0.05) is 50.1 Å². The molecule has 4 heteroatoms. The molecule has 4 nitrogen and oxygen atoms in total. The summed E-state index contributed by atoms with van der Waals surface area (Å²) in [5.74, 6) is -0.151. The Labute approximate surface area is 151 Å². The van der Waals surface area contributed by atoms with E-state index in [9.17, 15) is 9.59 Å². The van der Waals surface area contributed by atoms with Crippen LogP contribution in [0.5, 0.6) is 0 Å². The van der Waals surface area contributed by atoms with Crippen molar-refractivity contribution in [1.82, 2.24) is 10.2 Å². The van der Waals surface area contributed by atoms with Gasteiger partial charge < -0.3 is 10.2 Å². The monoisotopic (exact) mass is 342 g/mol. The van der Waals surface area contributed by atoms with Crippen molar-refractivity contribution in [1.29, 1.82) is 0 Å². The second kappa shape index (κ2) is 8.32. The number of nitrogens with one attached hydrogen (secondary N) is 1. The van der Waals surface area contributed by atoms with E-state index in [0.717, 1.165) is 36.8 Å².